The first-order valence-electron chi connectivity index (χ1n) is 9.25. The molecular formula is C21H29NO2S. The monoisotopic (exact) mass is 359 g/mol. The Labute approximate surface area is 155 Å². The zero-order valence-electron chi connectivity index (χ0n) is 15.0. The lowest BCUT2D eigenvalue weighted by atomic mass is 9.81. The van der Waals surface area contributed by atoms with Gasteiger partial charge in [0.05, 0.1) is 19.3 Å². The van der Waals surface area contributed by atoms with Crippen molar-refractivity contribution >= 4 is 11.3 Å². The van der Waals surface area contributed by atoms with Crippen LogP contribution in [-0.2, 0) is 11.3 Å². The highest BCUT2D eigenvalue weighted by molar-refractivity contribution is 7.09. The maximum Gasteiger partial charge on any atom is 0.0900 e. The van der Waals surface area contributed by atoms with Crippen molar-refractivity contribution in [3.63, 3.8) is 0 Å². The number of benzene rings is 1. The first-order valence-corrected chi connectivity index (χ1v) is 10.1. The van der Waals surface area contributed by atoms with Crippen LogP contribution in [0, 0.1) is 0 Å². The molecule has 4 heteroatoms. The predicted octanol–water partition coefficient (Wildman–Crippen LogP) is 4.28. The van der Waals surface area contributed by atoms with Gasteiger partial charge in [0.15, 0.2) is 0 Å². The Bertz CT molecular complexity index is 594. The summed E-state index contributed by atoms with van der Waals surface area (Å²) in [7, 11) is 2.13. The molecule has 3 nitrogen and oxygen atoms in total. The van der Waals surface area contributed by atoms with Gasteiger partial charge in [-0.05, 0) is 55.7 Å². The largest absolute Gasteiger partial charge is 0.389 e. The van der Waals surface area contributed by atoms with Crippen molar-refractivity contribution < 1.29 is 9.84 Å². The number of aliphatic hydroxyl groups is 1. The number of thiophene rings is 1. The van der Waals surface area contributed by atoms with E-state index in [0.29, 0.717) is 31.7 Å². The van der Waals surface area contributed by atoms with Crippen LogP contribution in [-0.4, -0.2) is 42.4 Å². The van der Waals surface area contributed by atoms with Crippen LogP contribution in [0.3, 0.4) is 0 Å². The summed E-state index contributed by atoms with van der Waals surface area (Å²) in [6.07, 6.45) is 4.47. The summed E-state index contributed by atoms with van der Waals surface area (Å²) in [5.41, 5.74) is 1.48. The highest BCUT2D eigenvalue weighted by Gasteiger charge is 2.25. The molecule has 1 heterocycles. The number of hydrogen-bond acceptors (Lipinski definition) is 4. The molecule has 2 aromatic rings. The summed E-state index contributed by atoms with van der Waals surface area (Å²) in [6.45, 7) is 1.69. The van der Waals surface area contributed by atoms with Gasteiger partial charge in [0.2, 0.25) is 0 Å². The second kappa shape index (κ2) is 9.48. The number of ether oxygens (including phenoxy) is 1. The Morgan fingerprint density at radius 3 is 2.56 bits per heavy atom. The molecule has 1 fully saturated rings. The number of likely N-dealkylation sites (N-methyl/N-ethyl adjacent to an activating group) is 1. The van der Waals surface area contributed by atoms with E-state index in [1.54, 1.807) is 11.3 Å². The molecule has 25 heavy (non-hydrogen) atoms. The normalized spacial score (nSPS) is 22.2. The quantitative estimate of drug-likeness (QED) is 0.763. The van der Waals surface area contributed by atoms with Crippen molar-refractivity contribution in [3.05, 3.63) is 58.3 Å². The molecule has 1 aromatic heterocycles. The first kappa shape index (κ1) is 18.6. The van der Waals surface area contributed by atoms with Crippen LogP contribution in [0.25, 0.3) is 0 Å². The molecule has 1 atom stereocenters. The van der Waals surface area contributed by atoms with Crippen molar-refractivity contribution in [1.29, 1.82) is 0 Å². The minimum atomic E-state index is -0.420. The maximum absolute atomic E-state index is 10.2. The van der Waals surface area contributed by atoms with Gasteiger partial charge in [0.25, 0.3) is 0 Å². The van der Waals surface area contributed by atoms with Crippen LogP contribution in [0.2, 0.25) is 0 Å². The third-order valence-corrected chi connectivity index (χ3v) is 6.07. The molecule has 0 saturated heterocycles. The third kappa shape index (κ3) is 5.65. The zero-order chi connectivity index (χ0) is 17.5. The van der Waals surface area contributed by atoms with E-state index in [0.717, 1.165) is 0 Å². The summed E-state index contributed by atoms with van der Waals surface area (Å²) in [5.74, 6) is 0.699. The summed E-state index contributed by atoms with van der Waals surface area (Å²) in [5, 5.41) is 12.3. The molecule has 1 N–H and O–H groups in total. The van der Waals surface area contributed by atoms with Crippen LogP contribution >= 0.6 is 11.3 Å². The van der Waals surface area contributed by atoms with Crippen molar-refractivity contribution in [2.75, 3.05) is 20.2 Å². The SMILES string of the molecule is CN(CC(O)COCc1cccs1)C1CCC(c2ccccc2)CC1. The van der Waals surface area contributed by atoms with Crippen LogP contribution < -0.4 is 0 Å². The molecule has 1 aliphatic rings. The van der Waals surface area contributed by atoms with Gasteiger partial charge in [-0.25, -0.2) is 0 Å². The zero-order valence-corrected chi connectivity index (χ0v) is 15.8. The smallest absolute Gasteiger partial charge is 0.0900 e. The fourth-order valence-electron chi connectivity index (χ4n) is 3.80. The minimum Gasteiger partial charge on any atom is -0.389 e. The lowest BCUT2D eigenvalue weighted by Gasteiger charge is -2.35. The molecule has 1 aromatic carbocycles. The molecule has 1 aliphatic carbocycles. The van der Waals surface area contributed by atoms with Gasteiger partial charge in [-0.2, -0.15) is 0 Å². The summed E-state index contributed by atoms with van der Waals surface area (Å²) in [4.78, 5) is 3.53. The molecule has 1 unspecified atom stereocenters. The molecule has 0 amide bonds. The number of aliphatic hydroxyl groups excluding tert-OH is 1. The molecule has 0 aliphatic heterocycles. The van der Waals surface area contributed by atoms with E-state index in [2.05, 4.69) is 53.7 Å². The second-order valence-electron chi connectivity index (χ2n) is 7.10. The first-order chi connectivity index (χ1) is 12.2. The summed E-state index contributed by atoms with van der Waals surface area (Å²) in [6, 6.07) is 15.5. The van der Waals surface area contributed by atoms with Crippen LogP contribution in [0.4, 0.5) is 0 Å². The predicted molar refractivity (Wildman–Crippen MR) is 104 cm³/mol. The lowest BCUT2D eigenvalue weighted by Crippen LogP contribution is -2.40. The summed E-state index contributed by atoms with van der Waals surface area (Å²) >= 11 is 1.69. The van der Waals surface area contributed by atoms with Gasteiger partial charge in [0.1, 0.15) is 0 Å². The minimum absolute atomic E-state index is 0.404. The van der Waals surface area contributed by atoms with E-state index >= 15 is 0 Å². The molecule has 0 radical (unpaired) electrons. The average Bonchev–Trinajstić information content (AvgIpc) is 3.16. The molecule has 1 saturated carbocycles. The Morgan fingerprint density at radius 1 is 1.12 bits per heavy atom. The number of rotatable bonds is 8. The van der Waals surface area contributed by atoms with Crippen LogP contribution in [0.15, 0.2) is 47.8 Å². The molecule has 0 bridgehead atoms. The molecule has 3 rings (SSSR count). The van der Waals surface area contributed by atoms with Gasteiger partial charge < -0.3 is 14.7 Å². The topological polar surface area (TPSA) is 32.7 Å². The van der Waals surface area contributed by atoms with Gasteiger partial charge in [-0.15, -0.1) is 11.3 Å². The van der Waals surface area contributed by atoms with E-state index in [1.165, 1.54) is 36.1 Å². The molecule has 0 spiro atoms. The van der Waals surface area contributed by atoms with Crippen molar-refractivity contribution in [2.45, 2.75) is 50.4 Å². The third-order valence-electron chi connectivity index (χ3n) is 5.22. The Hall–Kier alpha value is -1.20. The Kier molecular flexibility index (Phi) is 7.05. The highest BCUT2D eigenvalue weighted by Crippen LogP contribution is 2.34. The van der Waals surface area contributed by atoms with E-state index in [-0.39, 0.29) is 0 Å². The molecular weight excluding hydrogens is 330 g/mol. The van der Waals surface area contributed by atoms with Crippen LogP contribution in [0.1, 0.15) is 42.0 Å². The average molecular weight is 360 g/mol. The summed E-state index contributed by atoms with van der Waals surface area (Å²) < 4.78 is 5.64. The Balaban J connectivity index is 1.36. The highest BCUT2D eigenvalue weighted by atomic mass is 32.1. The molecule has 136 valence electrons. The fourth-order valence-corrected chi connectivity index (χ4v) is 4.44. The van der Waals surface area contributed by atoms with E-state index < -0.39 is 6.10 Å². The van der Waals surface area contributed by atoms with Gasteiger partial charge >= 0.3 is 0 Å². The van der Waals surface area contributed by atoms with Crippen molar-refractivity contribution in [1.82, 2.24) is 4.90 Å². The fraction of sp³-hybridized carbons (Fsp3) is 0.524. The number of hydrogen-bond donors (Lipinski definition) is 1. The van der Waals surface area contributed by atoms with Crippen molar-refractivity contribution in [2.24, 2.45) is 0 Å². The van der Waals surface area contributed by atoms with Gasteiger partial charge in [-0.3, -0.25) is 0 Å². The number of nitrogens with zero attached hydrogens (tertiary/aromatic N) is 1. The van der Waals surface area contributed by atoms with Crippen LogP contribution in [0.5, 0.6) is 0 Å². The second-order valence-corrected chi connectivity index (χ2v) is 8.14. The van der Waals surface area contributed by atoms with Gasteiger partial charge in [-0.1, -0.05) is 36.4 Å². The van der Waals surface area contributed by atoms with Gasteiger partial charge in [0, 0.05) is 17.5 Å². The van der Waals surface area contributed by atoms with E-state index in [1.807, 2.05) is 6.07 Å². The Morgan fingerprint density at radius 2 is 1.88 bits per heavy atom. The van der Waals surface area contributed by atoms with E-state index in [9.17, 15) is 5.11 Å². The maximum atomic E-state index is 10.2. The van der Waals surface area contributed by atoms with Crippen molar-refractivity contribution in [3.8, 4) is 0 Å². The lowest BCUT2D eigenvalue weighted by molar-refractivity contribution is 0.00515. The van der Waals surface area contributed by atoms with E-state index in [4.69, 9.17) is 4.74 Å². The standard InChI is InChI=1S/C21H29NO2S/c1-22(14-20(23)15-24-16-21-8-5-13-25-21)19-11-9-18(10-12-19)17-6-3-2-4-7-17/h2-8,13,18-20,23H,9-12,14-16H2,1H3.